The van der Waals surface area contributed by atoms with E-state index in [9.17, 15) is 14.4 Å². The number of methoxy groups -OCH3 is 2. The number of hydrogen-bond acceptors (Lipinski definition) is 7. The van der Waals surface area contributed by atoms with Crippen LogP contribution in [0.15, 0.2) is 36.4 Å². The van der Waals surface area contributed by atoms with Crippen molar-refractivity contribution in [3.05, 3.63) is 47.5 Å². The molecule has 2 rings (SSSR count). The Morgan fingerprint density at radius 1 is 0.800 bits per heavy atom. The fraction of sp³-hybridized carbons (Fsp3) is 0.250. The van der Waals surface area contributed by atoms with Gasteiger partial charge in [-0.1, -0.05) is 0 Å². The second-order valence-electron chi connectivity index (χ2n) is 5.83. The second kappa shape index (κ2) is 10.6. The molecule has 0 spiro atoms. The van der Waals surface area contributed by atoms with Crippen molar-refractivity contribution in [3.63, 3.8) is 0 Å². The largest absolute Gasteiger partial charge is 0.493 e. The van der Waals surface area contributed by atoms with E-state index in [0.717, 1.165) is 0 Å². The summed E-state index contributed by atoms with van der Waals surface area (Å²) in [4.78, 5) is 35.5. The third kappa shape index (κ3) is 5.77. The quantitative estimate of drug-likeness (QED) is 0.518. The number of amides is 3. The summed E-state index contributed by atoms with van der Waals surface area (Å²) in [5, 5.41) is 0. The van der Waals surface area contributed by atoms with E-state index < -0.39 is 17.7 Å². The van der Waals surface area contributed by atoms with Crippen molar-refractivity contribution < 1.29 is 33.3 Å². The SMILES string of the molecule is CCOc1ccc(C(=O)NNC(=O)c2ccc(OCC(N)=O)c(OC)c2)cc1OC. The minimum Gasteiger partial charge on any atom is -0.493 e. The van der Waals surface area contributed by atoms with Gasteiger partial charge in [-0.2, -0.15) is 0 Å². The van der Waals surface area contributed by atoms with E-state index in [1.807, 2.05) is 6.92 Å². The zero-order chi connectivity index (χ0) is 22.1. The van der Waals surface area contributed by atoms with Gasteiger partial charge in [-0.05, 0) is 43.3 Å². The molecule has 0 fully saturated rings. The first kappa shape index (κ1) is 22.3. The van der Waals surface area contributed by atoms with E-state index in [2.05, 4.69) is 10.9 Å². The Morgan fingerprint density at radius 3 is 1.67 bits per heavy atom. The van der Waals surface area contributed by atoms with Gasteiger partial charge >= 0.3 is 0 Å². The standard InChI is InChI=1S/C20H23N3O7/c1-4-29-14-7-5-12(9-16(14)27-2)19(25)22-23-20(26)13-6-8-15(17(10-13)28-3)30-11-18(21)24/h5-10H,4,11H2,1-3H3,(H2,21,24)(H,22,25)(H,23,26). The van der Waals surface area contributed by atoms with E-state index in [1.165, 1.54) is 38.5 Å². The Hall–Kier alpha value is -3.95. The third-order valence-corrected chi connectivity index (χ3v) is 3.81. The number of hydrogen-bond donors (Lipinski definition) is 3. The van der Waals surface area contributed by atoms with Gasteiger partial charge in [0.2, 0.25) is 0 Å². The minimum atomic E-state index is -0.646. The van der Waals surface area contributed by atoms with Gasteiger partial charge in [-0.15, -0.1) is 0 Å². The third-order valence-electron chi connectivity index (χ3n) is 3.81. The maximum Gasteiger partial charge on any atom is 0.269 e. The molecule has 0 saturated heterocycles. The van der Waals surface area contributed by atoms with Gasteiger partial charge in [-0.3, -0.25) is 25.2 Å². The molecule has 160 valence electrons. The van der Waals surface area contributed by atoms with Crippen LogP contribution in [-0.4, -0.2) is 45.2 Å². The lowest BCUT2D eigenvalue weighted by Gasteiger charge is -2.13. The van der Waals surface area contributed by atoms with Crippen LogP contribution in [0.3, 0.4) is 0 Å². The van der Waals surface area contributed by atoms with Gasteiger partial charge in [0, 0.05) is 11.1 Å². The number of ether oxygens (including phenoxy) is 4. The highest BCUT2D eigenvalue weighted by molar-refractivity contribution is 5.99. The molecular weight excluding hydrogens is 394 g/mol. The highest BCUT2D eigenvalue weighted by atomic mass is 16.5. The van der Waals surface area contributed by atoms with Gasteiger partial charge < -0.3 is 24.7 Å². The highest BCUT2D eigenvalue weighted by Gasteiger charge is 2.15. The molecule has 0 heterocycles. The molecule has 0 radical (unpaired) electrons. The fourth-order valence-electron chi connectivity index (χ4n) is 2.42. The summed E-state index contributed by atoms with van der Waals surface area (Å²) < 4.78 is 21.0. The number of hydrazine groups is 1. The average Bonchev–Trinajstić information content (AvgIpc) is 2.75. The number of nitrogens with one attached hydrogen (secondary N) is 2. The van der Waals surface area contributed by atoms with Crippen molar-refractivity contribution in [1.29, 1.82) is 0 Å². The topological polar surface area (TPSA) is 138 Å². The van der Waals surface area contributed by atoms with Crippen LogP contribution in [0.2, 0.25) is 0 Å². The Bertz CT molecular complexity index is 931. The smallest absolute Gasteiger partial charge is 0.269 e. The Morgan fingerprint density at radius 2 is 1.27 bits per heavy atom. The lowest BCUT2D eigenvalue weighted by atomic mass is 10.2. The molecule has 0 aromatic heterocycles. The molecule has 0 bridgehead atoms. The number of rotatable bonds is 9. The molecule has 30 heavy (non-hydrogen) atoms. The summed E-state index contributed by atoms with van der Waals surface area (Å²) in [5.41, 5.74) is 10.1. The fourth-order valence-corrected chi connectivity index (χ4v) is 2.42. The molecule has 0 unspecified atom stereocenters. The summed E-state index contributed by atoms with van der Waals surface area (Å²) in [6.07, 6.45) is 0. The van der Waals surface area contributed by atoms with E-state index in [-0.39, 0.29) is 29.2 Å². The van der Waals surface area contributed by atoms with Crippen LogP contribution in [0.5, 0.6) is 23.0 Å². The Balaban J connectivity index is 2.04. The first-order valence-corrected chi connectivity index (χ1v) is 8.90. The van der Waals surface area contributed by atoms with Crippen molar-refractivity contribution in [1.82, 2.24) is 10.9 Å². The van der Waals surface area contributed by atoms with Gasteiger partial charge in [0.25, 0.3) is 17.7 Å². The first-order chi connectivity index (χ1) is 14.4. The molecule has 10 nitrogen and oxygen atoms in total. The average molecular weight is 417 g/mol. The van der Waals surface area contributed by atoms with E-state index in [1.54, 1.807) is 12.1 Å². The second-order valence-corrected chi connectivity index (χ2v) is 5.83. The van der Waals surface area contributed by atoms with Gasteiger partial charge in [0.05, 0.1) is 20.8 Å². The summed E-state index contributed by atoms with van der Waals surface area (Å²) in [7, 11) is 2.85. The van der Waals surface area contributed by atoms with Crippen LogP contribution < -0.4 is 35.5 Å². The number of benzene rings is 2. The lowest BCUT2D eigenvalue weighted by Crippen LogP contribution is -2.41. The normalized spacial score (nSPS) is 9.97. The van der Waals surface area contributed by atoms with Crippen molar-refractivity contribution in [3.8, 4) is 23.0 Å². The number of carbonyl (C=O) groups excluding carboxylic acids is 3. The number of nitrogens with two attached hydrogens (primary N) is 1. The maximum atomic E-state index is 12.3. The molecule has 3 amide bonds. The first-order valence-electron chi connectivity index (χ1n) is 8.90. The van der Waals surface area contributed by atoms with Crippen molar-refractivity contribution in [2.45, 2.75) is 6.92 Å². The lowest BCUT2D eigenvalue weighted by molar-refractivity contribution is -0.119. The molecular formula is C20H23N3O7. The van der Waals surface area contributed by atoms with E-state index >= 15 is 0 Å². The number of carbonyl (C=O) groups is 3. The van der Waals surface area contributed by atoms with Crippen LogP contribution >= 0.6 is 0 Å². The monoisotopic (exact) mass is 417 g/mol. The number of primary amides is 1. The van der Waals surface area contributed by atoms with Crippen LogP contribution in [0.1, 0.15) is 27.6 Å². The predicted octanol–water partition coefficient (Wildman–Crippen LogP) is 1.04. The van der Waals surface area contributed by atoms with Gasteiger partial charge in [0.1, 0.15) is 0 Å². The molecule has 0 atom stereocenters. The Kier molecular flexibility index (Phi) is 7.86. The summed E-state index contributed by atoms with van der Waals surface area (Å²) >= 11 is 0. The van der Waals surface area contributed by atoms with Crippen LogP contribution in [0.4, 0.5) is 0 Å². The van der Waals surface area contributed by atoms with Gasteiger partial charge in [0.15, 0.2) is 29.6 Å². The maximum absolute atomic E-state index is 12.3. The highest BCUT2D eigenvalue weighted by Crippen LogP contribution is 2.29. The zero-order valence-electron chi connectivity index (χ0n) is 16.8. The van der Waals surface area contributed by atoms with Crippen molar-refractivity contribution in [2.24, 2.45) is 5.73 Å². The molecule has 4 N–H and O–H groups in total. The van der Waals surface area contributed by atoms with E-state index in [4.69, 9.17) is 24.7 Å². The zero-order valence-corrected chi connectivity index (χ0v) is 16.8. The van der Waals surface area contributed by atoms with Crippen LogP contribution in [0, 0.1) is 0 Å². The van der Waals surface area contributed by atoms with Crippen molar-refractivity contribution in [2.75, 3.05) is 27.4 Å². The van der Waals surface area contributed by atoms with Crippen molar-refractivity contribution >= 4 is 17.7 Å². The molecule has 2 aromatic rings. The molecule has 0 aliphatic heterocycles. The van der Waals surface area contributed by atoms with Crippen LogP contribution in [-0.2, 0) is 4.79 Å². The molecule has 0 aliphatic rings. The minimum absolute atomic E-state index is 0.197. The van der Waals surface area contributed by atoms with E-state index in [0.29, 0.717) is 18.1 Å². The molecule has 2 aromatic carbocycles. The Labute approximate surface area is 173 Å². The van der Waals surface area contributed by atoms with Gasteiger partial charge in [-0.25, -0.2) is 0 Å². The molecule has 0 saturated carbocycles. The molecule has 0 aliphatic carbocycles. The van der Waals surface area contributed by atoms with Crippen LogP contribution in [0.25, 0.3) is 0 Å². The molecule has 10 heteroatoms. The summed E-state index contributed by atoms with van der Waals surface area (Å²) in [6.45, 7) is 1.96. The summed E-state index contributed by atoms with van der Waals surface area (Å²) in [6, 6.07) is 8.95. The predicted molar refractivity (Wildman–Crippen MR) is 107 cm³/mol. The summed E-state index contributed by atoms with van der Waals surface area (Å²) in [5.74, 6) is -0.394.